The van der Waals surface area contributed by atoms with Crippen LogP contribution >= 0.6 is 11.6 Å². The average molecular weight is 301 g/mol. The van der Waals surface area contributed by atoms with Crippen LogP contribution in [0.5, 0.6) is 0 Å². The van der Waals surface area contributed by atoms with Crippen LogP contribution in [-0.4, -0.2) is 26.3 Å². The number of sulfonamides is 1. The van der Waals surface area contributed by atoms with Crippen LogP contribution in [0.15, 0.2) is 23.1 Å². The van der Waals surface area contributed by atoms with Gasteiger partial charge in [0.2, 0.25) is 10.0 Å². The molecule has 1 aromatic rings. The van der Waals surface area contributed by atoms with Crippen LogP contribution < -0.4 is 0 Å². The van der Waals surface area contributed by atoms with Gasteiger partial charge in [0.1, 0.15) is 6.07 Å². The van der Waals surface area contributed by atoms with E-state index in [0.29, 0.717) is 6.54 Å². The van der Waals surface area contributed by atoms with Gasteiger partial charge in [0.25, 0.3) is 0 Å². The molecule has 0 spiro atoms. The first-order valence-electron chi connectivity index (χ1n) is 5.99. The predicted molar refractivity (Wildman–Crippen MR) is 75.4 cm³/mol. The Bertz CT molecular complexity index is 593. The molecule has 6 heteroatoms. The van der Waals surface area contributed by atoms with E-state index in [1.807, 2.05) is 19.9 Å². The number of hydrogen-bond acceptors (Lipinski definition) is 3. The number of benzene rings is 1. The van der Waals surface area contributed by atoms with E-state index in [2.05, 4.69) is 0 Å². The Labute approximate surface area is 119 Å². The molecule has 0 amide bonds. The maximum atomic E-state index is 12.3. The second-order valence-corrected chi connectivity index (χ2v) is 7.00. The number of halogens is 1. The van der Waals surface area contributed by atoms with Gasteiger partial charge < -0.3 is 0 Å². The number of nitriles is 1. The van der Waals surface area contributed by atoms with E-state index in [-0.39, 0.29) is 21.4 Å². The SMILES string of the molecule is CCC(C)CN(C)S(=O)(=O)c1ccc(C#N)c(Cl)c1. The summed E-state index contributed by atoms with van der Waals surface area (Å²) in [5, 5.41) is 8.93. The number of rotatable bonds is 5. The number of nitrogens with zero attached hydrogens (tertiary/aromatic N) is 2. The summed E-state index contributed by atoms with van der Waals surface area (Å²) in [5.74, 6) is 0.286. The van der Waals surface area contributed by atoms with Gasteiger partial charge in [0.05, 0.1) is 15.5 Å². The molecule has 0 aliphatic carbocycles. The van der Waals surface area contributed by atoms with Crippen LogP contribution in [0.4, 0.5) is 0 Å². The van der Waals surface area contributed by atoms with Gasteiger partial charge in [-0.25, -0.2) is 12.7 Å². The quantitative estimate of drug-likeness (QED) is 0.840. The van der Waals surface area contributed by atoms with E-state index in [0.717, 1.165) is 6.42 Å². The van der Waals surface area contributed by atoms with Gasteiger partial charge in [-0.15, -0.1) is 0 Å². The topological polar surface area (TPSA) is 61.2 Å². The molecular weight excluding hydrogens is 284 g/mol. The van der Waals surface area contributed by atoms with Crippen LogP contribution in [0.3, 0.4) is 0 Å². The molecule has 0 aromatic heterocycles. The minimum Gasteiger partial charge on any atom is -0.207 e. The Morgan fingerprint density at radius 3 is 2.58 bits per heavy atom. The van der Waals surface area contributed by atoms with E-state index in [4.69, 9.17) is 16.9 Å². The molecule has 0 saturated heterocycles. The lowest BCUT2D eigenvalue weighted by Crippen LogP contribution is -2.31. The molecule has 0 aliphatic rings. The van der Waals surface area contributed by atoms with Crippen LogP contribution in [-0.2, 0) is 10.0 Å². The van der Waals surface area contributed by atoms with Crippen molar-refractivity contribution in [1.29, 1.82) is 5.26 Å². The summed E-state index contributed by atoms with van der Waals surface area (Å²) < 4.78 is 26.0. The molecule has 0 aliphatic heterocycles. The zero-order valence-electron chi connectivity index (χ0n) is 11.2. The minimum atomic E-state index is -3.55. The van der Waals surface area contributed by atoms with Crippen molar-refractivity contribution in [2.45, 2.75) is 25.2 Å². The largest absolute Gasteiger partial charge is 0.242 e. The molecule has 0 saturated carbocycles. The van der Waals surface area contributed by atoms with Gasteiger partial charge >= 0.3 is 0 Å². The first-order chi connectivity index (χ1) is 8.82. The highest BCUT2D eigenvalue weighted by atomic mass is 35.5. The molecule has 0 bridgehead atoms. The van der Waals surface area contributed by atoms with Crippen molar-refractivity contribution in [2.75, 3.05) is 13.6 Å². The summed E-state index contributed by atoms with van der Waals surface area (Å²) in [6, 6.07) is 6.06. The highest BCUT2D eigenvalue weighted by Gasteiger charge is 2.22. The zero-order chi connectivity index (χ0) is 14.6. The lowest BCUT2D eigenvalue weighted by Gasteiger charge is -2.20. The van der Waals surface area contributed by atoms with Crippen molar-refractivity contribution in [3.05, 3.63) is 28.8 Å². The molecule has 1 aromatic carbocycles. The summed E-state index contributed by atoms with van der Waals surface area (Å²) in [7, 11) is -2.00. The monoisotopic (exact) mass is 300 g/mol. The summed E-state index contributed by atoms with van der Waals surface area (Å²) >= 11 is 5.87. The van der Waals surface area contributed by atoms with Crippen LogP contribution in [0.25, 0.3) is 0 Å². The maximum Gasteiger partial charge on any atom is 0.242 e. The Balaban J connectivity index is 3.07. The van der Waals surface area contributed by atoms with Gasteiger partial charge in [-0.1, -0.05) is 31.9 Å². The highest BCUT2D eigenvalue weighted by Crippen LogP contribution is 2.23. The van der Waals surface area contributed by atoms with Crippen LogP contribution in [0.1, 0.15) is 25.8 Å². The lowest BCUT2D eigenvalue weighted by atomic mass is 10.1. The predicted octanol–water partition coefficient (Wildman–Crippen LogP) is 2.88. The molecule has 0 radical (unpaired) electrons. The summed E-state index contributed by atoms with van der Waals surface area (Å²) in [4.78, 5) is 0.113. The fraction of sp³-hybridized carbons (Fsp3) is 0.462. The first kappa shape index (κ1) is 16.0. The lowest BCUT2D eigenvalue weighted by molar-refractivity contribution is 0.393. The second kappa shape index (κ2) is 6.38. The Hall–Kier alpha value is -1.09. The van der Waals surface area contributed by atoms with Gasteiger partial charge in [-0.05, 0) is 24.1 Å². The van der Waals surface area contributed by atoms with Crippen molar-refractivity contribution in [3.63, 3.8) is 0 Å². The minimum absolute atomic E-state index is 0.113. The standard InChI is InChI=1S/C13H17ClN2O2S/c1-4-10(2)9-16(3)19(17,18)12-6-5-11(8-15)13(14)7-12/h5-7,10H,4,9H2,1-3H3. The molecule has 104 valence electrons. The first-order valence-corrected chi connectivity index (χ1v) is 7.80. The smallest absolute Gasteiger partial charge is 0.207 e. The maximum absolute atomic E-state index is 12.3. The van der Waals surface area contributed by atoms with E-state index < -0.39 is 10.0 Å². The van der Waals surface area contributed by atoms with Gasteiger partial charge in [-0.3, -0.25) is 0 Å². The Morgan fingerprint density at radius 2 is 2.11 bits per heavy atom. The number of hydrogen-bond donors (Lipinski definition) is 0. The molecule has 1 rings (SSSR count). The second-order valence-electron chi connectivity index (χ2n) is 4.55. The Morgan fingerprint density at radius 1 is 1.47 bits per heavy atom. The zero-order valence-corrected chi connectivity index (χ0v) is 12.8. The molecule has 1 unspecified atom stereocenters. The van der Waals surface area contributed by atoms with E-state index in [1.54, 1.807) is 7.05 Å². The molecule has 0 N–H and O–H groups in total. The fourth-order valence-electron chi connectivity index (χ4n) is 1.59. The summed E-state index contributed by atoms with van der Waals surface area (Å²) in [5.41, 5.74) is 0.269. The van der Waals surface area contributed by atoms with Crippen molar-refractivity contribution in [1.82, 2.24) is 4.31 Å². The van der Waals surface area contributed by atoms with Crippen LogP contribution in [0.2, 0.25) is 5.02 Å². The van der Waals surface area contributed by atoms with Gasteiger partial charge in [0.15, 0.2) is 0 Å². The van der Waals surface area contributed by atoms with Crippen LogP contribution in [0, 0.1) is 17.2 Å². The molecule has 4 nitrogen and oxygen atoms in total. The average Bonchev–Trinajstić information content (AvgIpc) is 2.38. The van der Waals surface area contributed by atoms with E-state index >= 15 is 0 Å². The third-order valence-corrected chi connectivity index (χ3v) is 5.17. The van der Waals surface area contributed by atoms with Crippen molar-refractivity contribution in [3.8, 4) is 6.07 Å². The van der Waals surface area contributed by atoms with Crippen molar-refractivity contribution in [2.24, 2.45) is 5.92 Å². The molecule has 1 atom stereocenters. The van der Waals surface area contributed by atoms with Gasteiger partial charge in [-0.2, -0.15) is 5.26 Å². The van der Waals surface area contributed by atoms with E-state index in [9.17, 15) is 8.42 Å². The summed E-state index contributed by atoms with van der Waals surface area (Å²) in [6.07, 6.45) is 0.911. The normalized spacial score (nSPS) is 13.3. The fourth-order valence-corrected chi connectivity index (χ4v) is 3.20. The third kappa shape index (κ3) is 3.69. The third-order valence-electron chi connectivity index (χ3n) is 3.03. The molecular formula is C13H17ClN2O2S. The molecule has 19 heavy (non-hydrogen) atoms. The van der Waals surface area contributed by atoms with E-state index in [1.165, 1.54) is 22.5 Å². The highest BCUT2D eigenvalue weighted by molar-refractivity contribution is 7.89. The Kier molecular flexibility index (Phi) is 5.36. The molecule has 0 fully saturated rings. The molecule has 0 heterocycles. The van der Waals surface area contributed by atoms with Crippen molar-refractivity contribution >= 4 is 21.6 Å². The van der Waals surface area contributed by atoms with Crippen molar-refractivity contribution < 1.29 is 8.42 Å². The summed E-state index contributed by atoms with van der Waals surface area (Å²) in [6.45, 7) is 4.47. The van der Waals surface area contributed by atoms with Gasteiger partial charge in [0, 0.05) is 13.6 Å².